The summed E-state index contributed by atoms with van der Waals surface area (Å²) in [6.45, 7) is 5.72. The van der Waals surface area contributed by atoms with E-state index in [2.05, 4.69) is 0 Å². The Bertz CT molecular complexity index is 647. The first-order valence-corrected chi connectivity index (χ1v) is 8.75. The van der Waals surface area contributed by atoms with Crippen molar-refractivity contribution in [3.63, 3.8) is 0 Å². The summed E-state index contributed by atoms with van der Waals surface area (Å²) in [5.41, 5.74) is -0.411. The summed E-state index contributed by atoms with van der Waals surface area (Å²) in [4.78, 5) is 0. The lowest BCUT2D eigenvalue weighted by molar-refractivity contribution is 0.163. The molecule has 0 N–H and O–H groups in total. The zero-order chi connectivity index (χ0) is 16.3. The first kappa shape index (κ1) is 17.7. The summed E-state index contributed by atoms with van der Waals surface area (Å²) in [6.07, 6.45) is 0. The molecule has 1 aromatic carbocycles. The molecule has 21 heavy (non-hydrogen) atoms. The van der Waals surface area contributed by atoms with Crippen molar-refractivity contribution in [2.45, 2.75) is 20.8 Å². The van der Waals surface area contributed by atoms with Crippen molar-refractivity contribution in [2.75, 3.05) is 12.4 Å². The fourth-order valence-corrected chi connectivity index (χ4v) is 3.19. The molecule has 1 aromatic rings. The third-order valence-electron chi connectivity index (χ3n) is 3.14. The summed E-state index contributed by atoms with van der Waals surface area (Å²) in [6, 6.07) is 5.60. The summed E-state index contributed by atoms with van der Waals surface area (Å²) in [5.74, 6) is -1.00. The van der Waals surface area contributed by atoms with Crippen LogP contribution in [-0.4, -0.2) is 20.8 Å². The third kappa shape index (κ3) is 5.90. The number of benzene rings is 1. The summed E-state index contributed by atoms with van der Waals surface area (Å²) in [7, 11) is 1.65. The predicted molar refractivity (Wildman–Crippen MR) is 79.2 cm³/mol. The molecule has 0 aromatic heterocycles. The maximum atomic E-state index is 13.5. The van der Waals surface area contributed by atoms with Gasteiger partial charge in [-0.25, -0.2) is 12.8 Å². The molecule has 7 heteroatoms. The number of nitrogens with zero attached hydrogens (tertiary/aromatic N) is 1. The SMILES string of the molecule is CC(C)(C)C(COc1ccc(C#N)c(F)c1)CS(=O)(=O)Cl. The summed E-state index contributed by atoms with van der Waals surface area (Å²) < 4.78 is 41.4. The van der Waals surface area contributed by atoms with Gasteiger partial charge < -0.3 is 4.74 Å². The second-order valence-electron chi connectivity index (χ2n) is 5.83. The van der Waals surface area contributed by atoms with E-state index in [1.54, 1.807) is 6.07 Å². The van der Waals surface area contributed by atoms with E-state index in [1.165, 1.54) is 12.1 Å². The standard InChI is InChI=1S/C14H17ClFNO3S/c1-14(2,3)11(9-21(15,18)19)8-20-12-5-4-10(7-17)13(16)6-12/h4-6,11H,8-9H2,1-3H3. The van der Waals surface area contributed by atoms with Crippen LogP contribution in [0.25, 0.3) is 0 Å². The minimum absolute atomic E-state index is 0.0712. The van der Waals surface area contributed by atoms with Crippen molar-refractivity contribution in [2.24, 2.45) is 11.3 Å². The van der Waals surface area contributed by atoms with Crippen LogP contribution in [0.1, 0.15) is 26.3 Å². The van der Waals surface area contributed by atoms with Gasteiger partial charge in [0.25, 0.3) is 0 Å². The van der Waals surface area contributed by atoms with Crippen LogP contribution in [0.15, 0.2) is 18.2 Å². The molecule has 1 atom stereocenters. The van der Waals surface area contributed by atoms with E-state index in [4.69, 9.17) is 20.7 Å². The molecule has 0 radical (unpaired) electrons. The third-order valence-corrected chi connectivity index (χ3v) is 4.32. The van der Waals surface area contributed by atoms with E-state index in [-0.39, 0.29) is 35.0 Å². The van der Waals surface area contributed by atoms with Gasteiger partial charge >= 0.3 is 0 Å². The molecule has 0 fully saturated rings. The van der Waals surface area contributed by atoms with Gasteiger partial charge in [-0.2, -0.15) is 5.26 Å². The Balaban J connectivity index is 2.83. The van der Waals surface area contributed by atoms with Gasteiger partial charge in [0.15, 0.2) is 0 Å². The van der Waals surface area contributed by atoms with Crippen LogP contribution in [0.3, 0.4) is 0 Å². The van der Waals surface area contributed by atoms with E-state index in [1.807, 2.05) is 20.8 Å². The fourth-order valence-electron chi connectivity index (χ4n) is 1.66. The smallest absolute Gasteiger partial charge is 0.233 e. The Hall–Kier alpha value is -1.32. The Morgan fingerprint density at radius 2 is 2.05 bits per heavy atom. The van der Waals surface area contributed by atoms with Gasteiger partial charge in [0.1, 0.15) is 17.6 Å². The average Bonchev–Trinajstić information content (AvgIpc) is 2.32. The molecule has 0 saturated carbocycles. The number of nitriles is 1. The van der Waals surface area contributed by atoms with Gasteiger partial charge in [0, 0.05) is 22.7 Å². The summed E-state index contributed by atoms with van der Waals surface area (Å²) >= 11 is 0. The Morgan fingerprint density at radius 3 is 2.48 bits per heavy atom. The van der Waals surface area contributed by atoms with Crippen LogP contribution in [-0.2, 0) is 9.05 Å². The van der Waals surface area contributed by atoms with E-state index in [0.29, 0.717) is 0 Å². The highest BCUT2D eigenvalue weighted by molar-refractivity contribution is 8.13. The van der Waals surface area contributed by atoms with E-state index in [9.17, 15) is 12.8 Å². The van der Waals surface area contributed by atoms with Gasteiger partial charge in [-0.05, 0) is 17.5 Å². The number of ether oxygens (including phenoxy) is 1. The molecule has 1 rings (SSSR count). The topological polar surface area (TPSA) is 67.2 Å². The van der Waals surface area contributed by atoms with Crippen LogP contribution in [0.4, 0.5) is 4.39 Å². The van der Waals surface area contributed by atoms with Crippen LogP contribution < -0.4 is 4.74 Å². The molecular weight excluding hydrogens is 317 g/mol. The van der Waals surface area contributed by atoms with Crippen molar-refractivity contribution in [3.05, 3.63) is 29.6 Å². The zero-order valence-electron chi connectivity index (χ0n) is 12.1. The van der Waals surface area contributed by atoms with Crippen molar-refractivity contribution in [3.8, 4) is 11.8 Å². The molecular formula is C14H17ClFNO3S. The Labute approximate surface area is 128 Å². The number of hydrogen-bond donors (Lipinski definition) is 0. The average molecular weight is 334 g/mol. The molecule has 0 aliphatic carbocycles. The molecule has 4 nitrogen and oxygen atoms in total. The predicted octanol–water partition coefficient (Wildman–Crippen LogP) is 3.31. The van der Waals surface area contributed by atoms with Gasteiger partial charge in [-0.3, -0.25) is 0 Å². The molecule has 0 spiro atoms. The minimum Gasteiger partial charge on any atom is -0.493 e. The number of rotatable bonds is 5. The van der Waals surface area contributed by atoms with E-state index >= 15 is 0 Å². The highest BCUT2D eigenvalue weighted by Gasteiger charge is 2.29. The number of hydrogen-bond acceptors (Lipinski definition) is 4. The maximum absolute atomic E-state index is 13.5. The van der Waals surface area contributed by atoms with Crippen molar-refractivity contribution in [1.29, 1.82) is 5.26 Å². The molecule has 0 heterocycles. The second-order valence-corrected chi connectivity index (χ2v) is 8.65. The lowest BCUT2D eigenvalue weighted by Gasteiger charge is -2.29. The normalized spacial score (nSPS) is 13.5. The summed E-state index contributed by atoms with van der Waals surface area (Å²) in [5, 5.41) is 8.65. The molecule has 0 saturated heterocycles. The van der Waals surface area contributed by atoms with Crippen molar-refractivity contribution >= 4 is 19.7 Å². The van der Waals surface area contributed by atoms with Crippen LogP contribution >= 0.6 is 10.7 Å². The highest BCUT2D eigenvalue weighted by atomic mass is 35.7. The van der Waals surface area contributed by atoms with Crippen LogP contribution in [0.2, 0.25) is 0 Å². The van der Waals surface area contributed by atoms with Gasteiger partial charge in [-0.1, -0.05) is 20.8 Å². The van der Waals surface area contributed by atoms with Gasteiger partial charge in [0.05, 0.1) is 17.9 Å². The molecule has 0 amide bonds. The molecule has 0 aliphatic rings. The first-order valence-electron chi connectivity index (χ1n) is 6.27. The van der Waals surface area contributed by atoms with Gasteiger partial charge in [0.2, 0.25) is 9.05 Å². The lowest BCUT2D eigenvalue weighted by atomic mass is 9.82. The largest absolute Gasteiger partial charge is 0.493 e. The molecule has 0 aliphatic heterocycles. The maximum Gasteiger partial charge on any atom is 0.233 e. The van der Waals surface area contributed by atoms with Crippen molar-refractivity contribution in [1.82, 2.24) is 0 Å². The minimum atomic E-state index is -3.65. The first-order chi connectivity index (χ1) is 9.53. The fraction of sp³-hybridized carbons (Fsp3) is 0.500. The van der Waals surface area contributed by atoms with Crippen LogP contribution in [0, 0.1) is 28.5 Å². The molecule has 0 bridgehead atoms. The van der Waals surface area contributed by atoms with Crippen molar-refractivity contribution < 1.29 is 17.5 Å². The highest BCUT2D eigenvalue weighted by Crippen LogP contribution is 2.29. The second kappa shape index (κ2) is 6.63. The Kier molecular flexibility index (Phi) is 5.60. The van der Waals surface area contributed by atoms with Gasteiger partial charge in [-0.15, -0.1) is 0 Å². The lowest BCUT2D eigenvalue weighted by Crippen LogP contribution is -2.31. The quantitative estimate of drug-likeness (QED) is 0.775. The Morgan fingerprint density at radius 1 is 1.43 bits per heavy atom. The molecule has 1 unspecified atom stereocenters. The molecule has 116 valence electrons. The monoisotopic (exact) mass is 333 g/mol. The van der Waals surface area contributed by atoms with E-state index < -0.39 is 14.9 Å². The van der Waals surface area contributed by atoms with E-state index in [0.717, 1.165) is 6.07 Å². The number of halogens is 2. The zero-order valence-corrected chi connectivity index (χ0v) is 13.6. The van der Waals surface area contributed by atoms with Crippen LogP contribution in [0.5, 0.6) is 5.75 Å².